The van der Waals surface area contributed by atoms with Gasteiger partial charge in [-0.2, -0.15) is 5.10 Å². The molecule has 4 aromatic carbocycles. The molecule has 0 aromatic heterocycles. The Hall–Kier alpha value is -4.69. The van der Waals surface area contributed by atoms with Gasteiger partial charge in [0.25, 0.3) is 5.91 Å². The van der Waals surface area contributed by atoms with Crippen LogP contribution in [-0.2, 0) is 20.9 Å². The summed E-state index contributed by atoms with van der Waals surface area (Å²) in [5, 5.41) is 12.8. The van der Waals surface area contributed by atoms with Crippen molar-refractivity contribution in [1.82, 2.24) is 16.1 Å². The summed E-state index contributed by atoms with van der Waals surface area (Å²) in [7, 11) is 1.58. The number of rotatable bonds is 12. The summed E-state index contributed by atoms with van der Waals surface area (Å²) in [5.41, 5.74) is 5.74. The first-order valence-corrected chi connectivity index (χ1v) is 16.2. The van der Waals surface area contributed by atoms with Gasteiger partial charge in [-0.15, -0.1) is 0 Å². The van der Waals surface area contributed by atoms with Gasteiger partial charge in [0.2, 0.25) is 0 Å². The molecule has 1 aliphatic heterocycles. The zero-order valence-corrected chi connectivity index (χ0v) is 28.9. The summed E-state index contributed by atoms with van der Waals surface area (Å²) in [6.45, 7) is 3.69. The van der Waals surface area contributed by atoms with E-state index in [1.165, 1.54) is 6.21 Å². The average Bonchev–Trinajstić information content (AvgIpc) is 3.06. The molecule has 1 aliphatic rings. The standard InChI is InChI=1S/C35H33IN4O6S/c1-4-44-34(42)31-21(2)38-35(47)39-32(31)27-14-7-8-15-28(27)45-20-30(41)40-37-18-24-16-25(36)17-29(43-3)33(24)46-19-23-12-9-11-22-10-5-6-13-26(22)23/h5-18,32H,4,19-20H2,1-3H3,(H,40,41)(H2,38,39,47)/t32-/m1/s1. The van der Waals surface area contributed by atoms with Gasteiger partial charge in [-0.05, 0) is 83.2 Å². The van der Waals surface area contributed by atoms with Gasteiger partial charge in [-0.1, -0.05) is 60.7 Å². The normalized spacial score (nSPS) is 14.4. The predicted molar refractivity (Wildman–Crippen MR) is 193 cm³/mol. The molecule has 5 rings (SSSR count). The van der Waals surface area contributed by atoms with E-state index in [2.05, 4.69) is 62.0 Å². The number of esters is 1. The molecule has 0 fully saturated rings. The number of methoxy groups -OCH3 is 1. The molecule has 1 atom stereocenters. The fourth-order valence-corrected chi connectivity index (χ4v) is 6.05. The van der Waals surface area contributed by atoms with E-state index in [-0.39, 0.29) is 13.2 Å². The van der Waals surface area contributed by atoms with Crippen molar-refractivity contribution in [3.8, 4) is 17.2 Å². The van der Waals surface area contributed by atoms with Crippen LogP contribution in [0.15, 0.2) is 95.2 Å². The quantitative estimate of drug-likeness (QED) is 0.0532. The van der Waals surface area contributed by atoms with Crippen LogP contribution in [-0.4, -0.2) is 43.5 Å². The molecule has 10 nitrogen and oxygen atoms in total. The second-order valence-electron chi connectivity index (χ2n) is 10.4. The van der Waals surface area contributed by atoms with Crippen LogP contribution in [0.2, 0.25) is 0 Å². The lowest BCUT2D eigenvalue weighted by Crippen LogP contribution is -2.45. The zero-order chi connectivity index (χ0) is 33.3. The topological polar surface area (TPSA) is 120 Å². The summed E-state index contributed by atoms with van der Waals surface area (Å²) in [6.07, 6.45) is 1.51. The minimum Gasteiger partial charge on any atom is -0.493 e. The van der Waals surface area contributed by atoms with Crippen LogP contribution in [0.25, 0.3) is 10.8 Å². The van der Waals surface area contributed by atoms with E-state index in [0.29, 0.717) is 51.4 Å². The van der Waals surface area contributed by atoms with Gasteiger partial charge >= 0.3 is 5.97 Å². The van der Waals surface area contributed by atoms with Crippen LogP contribution in [0, 0.1) is 3.57 Å². The first-order valence-electron chi connectivity index (χ1n) is 14.7. The Labute approximate surface area is 291 Å². The highest BCUT2D eigenvalue weighted by atomic mass is 127. The third-order valence-electron chi connectivity index (χ3n) is 7.27. The van der Waals surface area contributed by atoms with Gasteiger partial charge in [0.05, 0.1) is 31.5 Å². The lowest BCUT2D eigenvalue weighted by Gasteiger charge is -2.30. The maximum Gasteiger partial charge on any atom is 0.338 e. The second kappa shape index (κ2) is 15.7. The highest BCUT2D eigenvalue weighted by Gasteiger charge is 2.32. The van der Waals surface area contributed by atoms with E-state index in [0.717, 1.165) is 19.9 Å². The van der Waals surface area contributed by atoms with E-state index in [1.54, 1.807) is 39.2 Å². The van der Waals surface area contributed by atoms with Crippen molar-refractivity contribution in [2.45, 2.75) is 26.5 Å². The van der Waals surface area contributed by atoms with Gasteiger partial charge < -0.3 is 29.6 Å². The highest BCUT2D eigenvalue weighted by molar-refractivity contribution is 14.1. The summed E-state index contributed by atoms with van der Waals surface area (Å²) < 4.78 is 24.0. The Balaban J connectivity index is 1.28. The minimum absolute atomic E-state index is 0.221. The van der Waals surface area contributed by atoms with Crippen LogP contribution >= 0.6 is 34.8 Å². The number of hydrogen-bond acceptors (Lipinski definition) is 8. The number of thiocarbonyl (C=S) groups is 1. The Morgan fingerprint density at radius 3 is 2.60 bits per heavy atom. The Morgan fingerprint density at radius 2 is 1.79 bits per heavy atom. The SMILES string of the molecule is CCOC(=O)C1=C(C)NC(=S)N[C@@H]1c1ccccc1OCC(=O)NN=Cc1cc(I)cc(OC)c1OCc1cccc2ccccc12. The van der Waals surface area contributed by atoms with Gasteiger partial charge in [-0.25, -0.2) is 10.2 Å². The van der Waals surface area contributed by atoms with Crippen molar-refractivity contribution >= 4 is 68.8 Å². The molecular formula is C35H33IN4O6S. The number of hydrazone groups is 1. The molecule has 0 unspecified atom stereocenters. The predicted octanol–water partition coefficient (Wildman–Crippen LogP) is 5.92. The number of carbonyl (C=O) groups excluding carboxylic acids is 2. The maximum absolute atomic E-state index is 12.8. The summed E-state index contributed by atoms with van der Waals surface area (Å²) in [5.74, 6) is 0.472. The molecule has 12 heteroatoms. The van der Waals surface area contributed by atoms with Crippen LogP contribution in [0.4, 0.5) is 0 Å². The Morgan fingerprint density at radius 1 is 1.02 bits per heavy atom. The van der Waals surface area contributed by atoms with Crippen molar-refractivity contribution < 1.29 is 28.5 Å². The van der Waals surface area contributed by atoms with Gasteiger partial charge in [0.15, 0.2) is 23.2 Å². The van der Waals surface area contributed by atoms with Crippen molar-refractivity contribution in [2.75, 3.05) is 20.3 Å². The molecule has 3 N–H and O–H groups in total. The maximum atomic E-state index is 12.8. The van der Waals surface area contributed by atoms with Crippen molar-refractivity contribution in [3.05, 3.63) is 110 Å². The molecule has 0 spiro atoms. The third kappa shape index (κ3) is 8.19. The number of benzene rings is 4. The number of nitrogens with one attached hydrogen (secondary N) is 3. The molecule has 4 aromatic rings. The first-order chi connectivity index (χ1) is 22.8. The van der Waals surface area contributed by atoms with Crippen LogP contribution in [0.5, 0.6) is 17.2 Å². The molecule has 1 amide bonds. The zero-order valence-electron chi connectivity index (χ0n) is 26.0. The molecule has 47 heavy (non-hydrogen) atoms. The van der Waals surface area contributed by atoms with Crippen molar-refractivity contribution in [1.29, 1.82) is 0 Å². The molecule has 1 heterocycles. The molecule has 0 saturated heterocycles. The molecular weight excluding hydrogens is 731 g/mol. The first kappa shape index (κ1) is 33.7. The fourth-order valence-electron chi connectivity index (χ4n) is 5.17. The highest BCUT2D eigenvalue weighted by Crippen LogP contribution is 2.35. The van der Waals surface area contributed by atoms with Crippen LogP contribution in [0.1, 0.15) is 36.6 Å². The lowest BCUT2D eigenvalue weighted by molar-refractivity contribution is -0.139. The van der Waals surface area contributed by atoms with E-state index < -0.39 is 17.9 Å². The largest absolute Gasteiger partial charge is 0.493 e. The molecule has 0 bridgehead atoms. The number of para-hydroxylation sites is 1. The average molecular weight is 765 g/mol. The van der Waals surface area contributed by atoms with E-state index in [4.69, 9.17) is 31.2 Å². The minimum atomic E-state index is -0.636. The monoisotopic (exact) mass is 764 g/mol. The molecule has 242 valence electrons. The van der Waals surface area contributed by atoms with Gasteiger partial charge in [0, 0.05) is 20.4 Å². The summed E-state index contributed by atoms with van der Waals surface area (Å²) in [4.78, 5) is 25.6. The van der Waals surface area contributed by atoms with E-state index >= 15 is 0 Å². The lowest BCUT2D eigenvalue weighted by atomic mass is 9.95. The molecule has 0 radical (unpaired) electrons. The third-order valence-corrected chi connectivity index (χ3v) is 8.11. The number of allylic oxidation sites excluding steroid dienone is 1. The van der Waals surface area contributed by atoms with Crippen molar-refractivity contribution in [2.24, 2.45) is 5.10 Å². The van der Waals surface area contributed by atoms with E-state index in [1.807, 2.05) is 42.5 Å². The number of fused-ring (bicyclic) bond motifs is 1. The number of ether oxygens (including phenoxy) is 4. The smallest absolute Gasteiger partial charge is 0.338 e. The van der Waals surface area contributed by atoms with Crippen molar-refractivity contribution in [3.63, 3.8) is 0 Å². The van der Waals surface area contributed by atoms with E-state index in [9.17, 15) is 9.59 Å². The number of nitrogens with zero attached hydrogens (tertiary/aromatic N) is 1. The Kier molecular flexibility index (Phi) is 11.3. The molecule has 0 aliphatic carbocycles. The summed E-state index contributed by atoms with van der Waals surface area (Å²) >= 11 is 7.54. The second-order valence-corrected chi connectivity index (χ2v) is 12.0. The number of amides is 1. The van der Waals surface area contributed by atoms with Gasteiger partial charge in [-0.3, -0.25) is 4.79 Å². The number of halogens is 1. The van der Waals surface area contributed by atoms with Gasteiger partial charge in [0.1, 0.15) is 12.4 Å². The fraction of sp³-hybridized carbons (Fsp3) is 0.200. The summed E-state index contributed by atoms with van der Waals surface area (Å²) in [6, 6.07) is 24.4. The van der Waals surface area contributed by atoms with Crippen LogP contribution in [0.3, 0.4) is 0 Å². The van der Waals surface area contributed by atoms with Crippen LogP contribution < -0.4 is 30.3 Å². The Bertz CT molecular complexity index is 1870. The molecule has 0 saturated carbocycles. The number of carbonyl (C=O) groups is 2. The number of hydrogen-bond donors (Lipinski definition) is 3.